The topological polar surface area (TPSA) is 60.5 Å². The smallest absolute Gasteiger partial charge is 0.410 e. The average Bonchev–Trinajstić information content (AvgIpc) is 3.48. The SMILES string of the molecule is CC(C)(C)OC(=O)N1CC[C@@H](CN2C[C@H](OCc3ccccc3)C(OCc3ccccc3)[C@H](OCc3ccccc3)C2)C1. The molecule has 3 aromatic rings. The molecule has 0 N–H and O–H groups in total. The number of carbonyl (C=O) groups is 1. The third kappa shape index (κ3) is 9.63. The molecule has 7 heteroatoms. The Morgan fingerprint density at radius 3 is 1.63 bits per heavy atom. The summed E-state index contributed by atoms with van der Waals surface area (Å²) in [5, 5.41) is 0. The predicted octanol–water partition coefficient (Wildman–Crippen LogP) is 6.32. The van der Waals surface area contributed by atoms with Crippen LogP contribution >= 0.6 is 0 Å². The Kier molecular flexibility index (Phi) is 10.9. The van der Waals surface area contributed by atoms with Crippen LogP contribution in [0, 0.1) is 5.92 Å². The van der Waals surface area contributed by atoms with Crippen molar-refractivity contribution in [3.8, 4) is 0 Å². The molecule has 0 aliphatic carbocycles. The Bertz CT molecular complexity index is 1200. The minimum absolute atomic E-state index is 0.179. The van der Waals surface area contributed by atoms with Crippen LogP contribution in [-0.4, -0.2) is 72.5 Å². The summed E-state index contributed by atoms with van der Waals surface area (Å²) in [5.41, 5.74) is 2.89. The highest BCUT2D eigenvalue weighted by atomic mass is 16.6. The zero-order chi connectivity index (χ0) is 30.1. The maximum absolute atomic E-state index is 12.7. The molecule has 0 saturated carbocycles. The molecule has 230 valence electrons. The summed E-state index contributed by atoms with van der Waals surface area (Å²) in [6.07, 6.45) is 0.139. The van der Waals surface area contributed by atoms with Crippen molar-refractivity contribution in [1.29, 1.82) is 0 Å². The fraction of sp³-hybridized carbons (Fsp3) is 0.472. The summed E-state index contributed by atoms with van der Waals surface area (Å²) in [5.74, 6) is 0.360. The fourth-order valence-corrected chi connectivity index (χ4v) is 5.85. The van der Waals surface area contributed by atoms with Gasteiger partial charge in [-0.1, -0.05) is 91.0 Å². The highest BCUT2D eigenvalue weighted by Gasteiger charge is 2.41. The molecule has 2 fully saturated rings. The van der Waals surface area contributed by atoms with E-state index in [1.807, 2.05) is 80.3 Å². The van der Waals surface area contributed by atoms with Gasteiger partial charge in [-0.3, -0.25) is 4.90 Å². The van der Waals surface area contributed by atoms with E-state index in [2.05, 4.69) is 41.3 Å². The summed E-state index contributed by atoms with van der Waals surface area (Å²) in [7, 11) is 0. The second-order valence-corrected chi connectivity index (χ2v) is 12.7. The number of nitrogens with zero attached hydrogens (tertiary/aromatic N) is 2. The molecule has 0 bridgehead atoms. The third-order valence-electron chi connectivity index (χ3n) is 7.96. The van der Waals surface area contributed by atoms with Gasteiger partial charge in [0.15, 0.2) is 0 Å². The van der Waals surface area contributed by atoms with Crippen LogP contribution in [0.3, 0.4) is 0 Å². The number of benzene rings is 3. The number of carbonyl (C=O) groups excluding carboxylic acids is 1. The first-order chi connectivity index (χ1) is 20.8. The molecule has 0 spiro atoms. The molecule has 0 aromatic heterocycles. The van der Waals surface area contributed by atoms with Gasteiger partial charge >= 0.3 is 6.09 Å². The van der Waals surface area contributed by atoms with Crippen molar-refractivity contribution in [2.75, 3.05) is 32.7 Å². The third-order valence-corrected chi connectivity index (χ3v) is 7.96. The normalized spacial score (nSPS) is 22.9. The minimum Gasteiger partial charge on any atom is -0.444 e. The predicted molar refractivity (Wildman–Crippen MR) is 167 cm³/mol. The molecule has 43 heavy (non-hydrogen) atoms. The maximum atomic E-state index is 12.7. The average molecular weight is 587 g/mol. The largest absolute Gasteiger partial charge is 0.444 e. The lowest BCUT2D eigenvalue weighted by atomic mass is 9.98. The van der Waals surface area contributed by atoms with Gasteiger partial charge in [0.1, 0.15) is 11.7 Å². The second-order valence-electron chi connectivity index (χ2n) is 12.7. The second kappa shape index (κ2) is 15.0. The van der Waals surface area contributed by atoms with Crippen LogP contribution in [-0.2, 0) is 38.8 Å². The van der Waals surface area contributed by atoms with Gasteiger partial charge in [-0.15, -0.1) is 0 Å². The summed E-state index contributed by atoms with van der Waals surface area (Å²) in [4.78, 5) is 17.0. The summed E-state index contributed by atoms with van der Waals surface area (Å²) < 4.78 is 25.5. The molecule has 2 saturated heterocycles. The van der Waals surface area contributed by atoms with Crippen LogP contribution in [0.15, 0.2) is 91.0 Å². The number of hydrogen-bond acceptors (Lipinski definition) is 6. The summed E-state index contributed by atoms with van der Waals surface area (Å²) in [6.45, 7) is 11.0. The number of amides is 1. The van der Waals surface area contributed by atoms with Crippen molar-refractivity contribution in [2.45, 2.75) is 70.9 Å². The first kappa shape index (κ1) is 31.2. The molecule has 0 radical (unpaired) electrons. The lowest BCUT2D eigenvalue weighted by Gasteiger charge is -2.43. The van der Waals surface area contributed by atoms with E-state index in [1.54, 1.807) is 0 Å². The number of likely N-dealkylation sites (tertiary alicyclic amines) is 2. The molecule has 2 heterocycles. The van der Waals surface area contributed by atoms with Crippen molar-refractivity contribution in [1.82, 2.24) is 9.80 Å². The standard InChI is InChI=1S/C36H46N2O5/c1-36(2,3)43-35(39)38-20-19-31(22-38)21-37-23-32(40-25-28-13-7-4-8-14-28)34(42-27-30-17-11-6-12-18-30)33(24-37)41-26-29-15-9-5-10-16-29/h4-18,31-34H,19-27H2,1-3H3/t31-,32-,33+,34?/m0/s1. The van der Waals surface area contributed by atoms with E-state index in [9.17, 15) is 4.79 Å². The zero-order valence-corrected chi connectivity index (χ0v) is 25.8. The number of hydrogen-bond donors (Lipinski definition) is 0. The van der Waals surface area contributed by atoms with E-state index >= 15 is 0 Å². The molecule has 2 aliphatic rings. The molecule has 1 amide bonds. The van der Waals surface area contributed by atoms with Crippen LogP contribution in [0.1, 0.15) is 43.9 Å². The molecule has 3 aromatic carbocycles. The molecule has 7 nitrogen and oxygen atoms in total. The van der Waals surface area contributed by atoms with Gasteiger partial charge in [0.25, 0.3) is 0 Å². The van der Waals surface area contributed by atoms with Gasteiger partial charge in [0.2, 0.25) is 0 Å². The van der Waals surface area contributed by atoms with Gasteiger partial charge in [0, 0.05) is 32.7 Å². The van der Waals surface area contributed by atoms with Gasteiger partial charge in [-0.25, -0.2) is 4.79 Å². The van der Waals surface area contributed by atoms with Crippen molar-refractivity contribution in [2.24, 2.45) is 5.92 Å². The summed E-state index contributed by atoms with van der Waals surface area (Å²) in [6, 6.07) is 30.8. The van der Waals surface area contributed by atoms with Crippen molar-refractivity contribution < 1.29 is 23.7 Å². The zero-order valence-electron chi connectivity index (χ0n) is 25.8. The van der Waals surface area contributed by atoms with E-state index in [4.69, 9.17) is 18.9 Å². The lowest BCUT2D eigenvalue weighted by Crippen LogP contribution is -2.58. The fourth-order valence-electron chi connectivity index (χ4n) is 5.85. The number of piperidine rings is 1. The van der Waals surface area contributed by atoms with Crippen LogP contribution < -0.4 is 0 Å². The van der Waals surface area contributed by atoms with Crippen LogP contribution in [0.4, 0.5) is 4.79 Å². The minimum atomic E-state index is -0.497. The molecule has 5 rings (SSSR count). The maximum Gasteiger partial charge on any atom is 0.410 e. The van der Waals surface area contributed by atoms with Crippen molar-refractivity contribution >= 4 is 6.09 Å². The van der Waals surface area contributed by atoms with E-state index in [-0.39, 0.29) is 24.4 Å². The quantitative estimate of drug-likeness (QED) is 0.262. The molecule has 4 atom stereocenters. The Labute approximate surface area is 256 Å². The van der Waals surface area contributed by atoms with Crippen molar-refractivity contribution in [3.05, 3.63) is 108 Å². The number of ether oxygens (including phenoxy) is 4. The van der Waals surface area contributed by atoms with E-state index in [0.29, 0.717) is 32.3 Å². The Balaban J connectivity index is 1.30. The Hall–Kier alpha value is -3.23. The van der Waals surface area contributed by atoms with Crippen LogP contribution in [0.5, 0.6) is 0 Å². The Morgan fingerprint density at radius 2 is 1.16 bits per heavy atom. The first-order valence-corrected chi connectivity index (χ1v) is 15.5. The summed E-state index contributed by atoms with van der Waals surface area (Å²) >= 11 is 0. The van der Waals surface area contributed by atoms with Gasteiger partial charge in [0.05, 0.1) is 32.0 Å². The van der Waals surface area contributed by atoms with E-state index in [1.165, 1.54) is 0 Å². The highest BCUT2D eigenvalue weighted by molar-refractivity contribution is 5.68. The van der Waals surface area contributed by atoms with Crippen LogP contribution in [0.25, 0.3) is 0 Å². The van der Waals surface area contributed by atoms with Gasteiger partial charge in [-0.05, 0) is 49.8 Å². The molecule has 1 unspecified atom stereocenters. The lowest BCUT2D eigenvalue weighted by molar-refractivity contribution is -0.185. The highest BCUT2D eigenvalue weighted by Crippen LogP contribution is 2.27. The molecular weight excluding hydrogens is 540 g/mol. The van der Waals surface area contributed by atoms with E-state index < -0.39 is 5.60 Å². The molecule has 2 aliphatic heterocycles. The first-order valence-electron chi connectivity index (χ1n) is 15.5. The molecular formula is C36H46N2O5. The monoisotopic (exact) mass is 586 g/mol. The number of rotatable bonds is 11. The van der Waals surface area contributed by atoms with E-state index in [0.717, 1.165) is 49.3 Å². The Morgan fingerprint density at radius 1 is 0.698 bits per heavy atom. The van der Waals surface area contributed by atoms with Crippen molar-refractivity contribution in [3.63, 3.8) is 0 Å². The van der Waals surface area contributed by atoms with Gasteiger partial charge < -0.3 is 23.8 Å². The van der Waals surface area contributed by atoms with Crippen LogP contribution in [0.2, 0.25) is 0 Å². The van der Waals surface area contributed by atoms with Gasteiger partial charge in [-0.2, -0.15) is 0 Å².